The number of carbonyl (C=O) groups excluding carboxylic acids is 5. The second kappa shape index (κ2) is 18.3. The van der Waals surface area contributed by atoms with Crippen molar-refractivity contribution in [3.05, 3.63) is 0 Å². The third-order valence-corrected chi connectivity index (χ3v) is 9.56. The Hall–Kier alpha value is -2.73. The third-order valence-electron chi connectivity index (χ3n) is 9.56. The Morgan fingerprint density at radius 3 is 2.04 bits per heavy atom. The molecule has 12 nitrogen and oxygen atoms in total. The number of Topliss-reactive ketones (excluding diaryl/α,β-unsaturated/α-hetero) is 1. The topological polar surface area (TPSA) is 166 Å². The number of amides is 4. The summed E-state index contributed by atoms with van der Waals surface area (Å²) < 4.78 is 5.62. The number of ether oxygens (including phenoxy) is 1. The monoisotopic (exact) mass is 679 g/mol. The fourth-order valence-electron chi connectivity index (χ4n) is 6.73. The predicted octanol–water partition coefficient (Wildman–Crippen LogP) is 4.04. The summed E-state index contributed by atoms with van der Waals surface area (Å²) in [5.74, 6) is -2.11. The van der Waals surface area contributed by atoms with Gasteiger partial charge in [-0.1, -0.05) is 73.6 Å². The Kier molecular flexibility index (Phi) is 15.8. The Bertz CT molecular complexity index is 1090. The molecule has 12 heteroatoms. The van der Waals surface area contributed by atoms with Crippen molar-refractivity contribution < 1.29 is 33.8 Å². The summed E-state index contributed by atoms with van der Waals surface area (Å²) in [4.78, 5) is 68.0. The Balaban J connectivity index is 2.38. The molecule has 1 saturated heterocycles. The number of aliphatic hydroxyl groups is 1. The minimum Gasteiger partial charge on any atom is -0.458 e. The molecular weight excluding hydrogens is 614 g/mol. The number of likely N-dealkylation sites (N-methyl/N-ethyl adjacent to an activating group) is 1. The van der Waals surface area contributed by atoms with Crippen LogP contribution in [0, 0.1) is 23.2 Å². The van der Waals surface area contributed by atoms with Gasteiger partial charge < -0.3 is 31.1 Å². The van der Waals surface area contributed by atoms with Crippen molar-refractivity contribution >= 4 is 29.6 Å². The zero-order valence-corrected chi connectivity index (χ0v) is 31.2. The number of hydrogen-bond acceptors (Lipinski definition) is 8. The lowest BCUT2D eigenvalue weighted by Crippen LogP contribution is -2.62. The van der Waals surface area contributed by atoms with E-state index in [0.29, 0.717) is 32.4 Å². The maximum absolute atomic E-state index is 14.0. The van der Waals surface area contributed by atoms with Gasteiger partial charge in [0.25, 0.3) is 5.91 Å². The summed E-state index contributed by atoms with van der Waals surface area (Å²) in [6, 6.07) is -4.00. The second-order valence-electron chi connectivity index (χ2n) is 16.2. The van der Waals surface area contributed by atoms with Crippen molar-refractivity contribution in [2.45, 2.75) is 163 Å². The third kappa shape index (κ3) is 12.3. The lowest BCUT2D eigenvalue weighted by Gasteiger charge is -2.40. The van der Waals surface area contributed by atoms with Gasteiger partial charge in [0.05, 0.1) is 18.1 Å². The van der Waals surface area contributed by atoms with E-state index in [1.165, 1.54) is 0 Å². The zero-order chi connectivity index (χ0) is 36.4. The molecule has 2 rings (SSSR count). The highest BCUT2D eigenvalue weighted by Crippen LogP contribution is 2.35. The number of nitrogens with zero attached hydrogens (tertiary/aromatic N) is 1. The fourth-order valence-corrected chi connectivity index (χ4v) is 6.73. The summed E-state index contributed by atoms with van der Waals surface area (Å²) in [5, 5.41) is 23.3. The van der Waals surface area contributed by atoms with Crippen LogP contribution < -0.4 is 21.3 Å². The van der Waals surface area contributed by atoms with Crippen LogP contribution in [0.25, 0.3) is 0 Å². The minimum absolute atomic E-state index is 0.0486. The largest absolute Gasteiger partial charge is 0.458 e. The van der Waals surface area contributed by atoms with Gasteiger partial charge in [-0.15, -0.1) is 0 Å². The van der Waals surface area contributed by atoms with E-state index in [9.17, 15) is 29.1 Å². The number of nitrogens with one attached hydrogen (secondary N) is 4. The van der Waals surface area contributed by atoms with Crippen LogP contribution in [0.1, 0.15) is 127 Å². The average Bonchev–Trinajstić information content (AvgIpc) is 3.45. The first-order chi connectivity index (χ1) is 22.3. The molecule has 0 radical (unpaired) electrons. The van der Waals surface area contributed by atoms with Gasteiger partial charge in [0, 0.05) is 13.1 Å². The predicted molar refractivity (Wildman–Crippen MR) is 186 cm³/mol. The van der Waals surface area contributed by atoms with Crippen LogP contribution in [0.5, 0.6) is 0 Å². The van der Waals surface area contributed by atoms with E-state index in [4.69, 9.17) is 4.74 Å². The van der Waals surface area contributed by atoms with E-state index in [1.807, 2.05) is 27.7 Å². The summed E-state index contributed by atoms with van der Waals surface area (Å²) in [6.45, 7) is 19.4. The second-order valence-corrected chi connectivity index (χ2v) is 16.2. The lowest BCUT2D eigenvalue weighted by atomic mass is 9.82. The van der Waals surface area contributed by atoms with E-state index in [-0.39, 0.29) is 17.8 Å². The number of esters is 1. The van der Waals surface area contributed by atoms with E-state index in [2.05, 4.69) is 35.1 Å². The van der Waals surface area contributed by atoms with E-state index < -0.39 is 71.0 Å². The molecule has 5 N–H and O–H groups in total. The molecule has 1 aliphatic heterocycles. The van der Waals surface area contributed by atoms with E-state index in [1.54, 1.807) is 32.6 Å². The SMILES string of the molecule is CCCCC(NC(=O)[C@@H]1C[C@@H](C(C)C)CN1C(O)[C@@H](NC(=O)N[C@H](C(=O)OC(C)(C)C)C(C)(C)C)C1CCCCC1)C(=O)C(=O)NCC. The maximum atomic E-state index is 14.0. The lowest BCUT2D eigenvalue weighted by molar-refractivity contribution is -0.160. The number of rotatable bonds is 15. The molecule has 1 aliphatic carbocycles. The van der Waals surface area contributed by atoms with Crippen LogP contribution in [0.2, 0.25) is 0 Å². The molecule has 2 unspecified atom stereocenters. The van der Waals surface area contributed by atoms with Gasteiger partial charge in [-0.05, 0) is 76.5 Å². The number of aliphatic hydroxyl groups excluding tert-OH is 1. The summed E-state index contributed by atoms with van der Waals surface area (Å²) >= 11 is 0. The number of carbonyl (C=O) groups is 5. The van der Waals surface area contributed by atoms with E-state index in [0.717, 1.165) is 38.5 Å². The van der Waals surface area contributed by atoms with Crippen LogP contribution in [-0.2, 0) is 23.9 Å². The molecule has 276 valence electrons. The molecule has 48 heavy (non-hydrogen) atoms. The minimum atomic E-state index is -1.21. The molecular formula is C36H65N5O7. The van der Waals surface area contributed by atoms with Gasteiger partial charge >= 0.3 is 12.0 Å². The van der Waals surface area contributed by atoms with Crippen LogP contribution >= 0.6 is 0 Å². The number of urea groups is 1. The first-order valence-electron chi connectivity index (χ1n) is 18.2. The van der Waals surface area contributed by atoms with Crippen LogP contribution in [0.3, 0.4) is 0 Å². The van der Waals surface area contributed by atoms with Gasteiger partial charge in [0.1, 0.15) is 17.9 Å². The highest BCUT2D eigenvalue weighted by atomic mass is 16.6. The zero-order valence-electron chi connectivity index (χ0n) is 31.2. The number of likely N-dealkylation sites (tertiary alicyclic amines) is 1. The molecule has 1 heterocycles. The van der Waals surface area contributed by atoms with Crippen molar-refractivity contribution in [2.24, 2.45) is 23.2 Å². The van der Waals surface area contributed by atoms with Crippen molar-refractivity contribution in [1.82, 2.24) is 26.2 Å². The van der Waals surface area contributed by atoms with Gasteiger partial charge in [-0.25, -0.2) is 9.59 Å². The molecule has 0 aromatic rings. The summed E-state index contributed by atoms with van der Waals surface area (Å²) in [6.07, 6.45) is 5.62. The summed E-state index contributed by atoms with van der Waals surface area (Å²) in [5.41, 5.74) is -1.39. The molecule has 0 bridgehead atoms. The summed E-state index contributed by atoms with van der Waals surface area (Å²) in [7, 11) is 0. The van der Waals surface area contributed by atoms with Crippen molar-refractivity contribution in [2.75, 3.05) is 13.1 Å². The molecule has 0 aromatic carbocycles. The Labute approximate surface area is 288 Å². The molecule has 0 aromatic heterocycles. The molecule has 6 atom stereocenters. The standard InChI is InChI=1S/C36H65N5O7/c1-11-13-19-25(28(42)31(44)37-12-2)38-30(43)26-20-24(22(3)4)21-41(26)32(45)27(23-17-15-14-16-18-23)39-34(47)40-29(35(5,6)7)33(46)48-36(8,9)10/h22-27,29,32,45H,11-21H2,1-10H3,(H,37,44)(H,38,43)(H2,39,40,47)/t24-,25?,26+,27+,29-,32?/m1/s1. The number of ketones is 1. The van der Waals surface area contributed by atoms with Gasteiger partial charge in [-0.2, -0.15) is 0 Å². The van der Waals surface area contributed by atoms with E-state index >= 15 is 0 Å². The van der Waals surface area contributed by atoms with Crippen LogP contribution in [0.15, 0.2) is 0 Å². The average molecular weight is 680 g/mol. The molecule has 2 aliphatic rings. The molecule has 4 amide bonds. The Morgan fingerprint density at radius 1 is 0.896 bits per heavy atom. The van der Waals surface area contributed by atoms with Gasteiger partial charge in [0.2, 0.25) is 11.7 Å². The number of hydrogen-bond donors (Lipinski definition) is 5. The Morgan fingerprint density at radius 2 is 1.52 bits per heavy atom. The molecule has 2 fully saturated rings. The first-order valence-corrected chi connectivity index (χ1v) is 18.2. The quantitative estimate of drug-likeness (QED) is 0.128. The van der Waals surface area contributed by atoms with Crippen molar-refractivity contribution in [3.63, 3.8) is 0 Å². The normalized spacial score (nSPS) is 21.9. The smallest absolute Gasteiger partial charge is 0.329 e. The fraction of sp³-hybridized carbons (Fsp3) is 0.861. The first kappa shape index (κ1) is 41.4. The molecule has 1 saturated carbocycles. The highest BCUT2D eigenvalue weighted by molar-refractivity contribution is 6.38. The number of unbranched alkanes of at least 4 members (excludes halogenated alkanes) is 1. The molecule has 0 spiro atoms. The van der Waals surface area contributed by atoms with Crippen molar-refractivity contribution in [3.8, 4) is 0 Å². The van der Waals surface area contributed by atoms with Gasteiger partial charge in [0.15, 0.2) is 0 Å². The van der Waals surface area contributed by atoms with Crippen molar-refractivity contribution in [1.29, 1.82) is 0 Å². The highest BCUT2D eigenvalue weighted by Gasteiger charge is 2.46. The maximum Gasteiger partial charge on any atom is 0.329 e. The van der Waals surface area contributed by atoms with Gasteiger partial charge in [-0.3, -0.25) is 19.3 Å². The van der Waals surface area contributed by atoms with Crippen LogP contribution in [0.4, 0.5) is 4.79 Å². The van der Waals surface area contributed by atoms with Crippen LogP contribution in [-0.4, -0.2) is 88.7 Å².